The summed E-state index contributed by atoms with van der Waals surface area (Å²) in [5, 5.41) is 14.5. The number of nitrogens with zero attached hydrogens (tertiary/aromatic N) is 4. The number of hydrogen-bond donors (Lipinski definition) is 0. The molecule has 0 radical (unpaired) electrons. The molecule has 2 saturated carbocycles. The molecule has 214 valence electrons. The van der Waals surface area contributed by atoms with E-state index in [9.17, 15) is 27.3 Å². The van der Waals surface area contributed by atoms with E-state index in [2.05, 4.69) is 6.07 Å². The number of nitriles is 1. The summed E-state index contributed by atoms with van der Waals surface area (Å²) in [7, 11) is -2.99. The third-order valence-corrected chi connectivity index (χ3v) is 10.5. The van der Waals surface area contributed by atoms with Gasteiger partial charge in [-0.2, -0.15) is 10.4 Å². The molecule has 0 N–H and O–H groups in total. The molecule has 7 nitrogen and oxygen atoms in total. The minimum atomic E-state index is -2.99. The average Bonchev–Trinajstić information content (AvgIpc) is 3.60. The Balaban J connectivity index is 1.36. The number of carbonyl (C=O) groups is 1. The van der Waals surface area contributed by atoms with Gasteiger partial charge in [0.05, 0.1) is 34.4 Å². The van der Waals surface area contributed by atoms with E-state index in [4.69, 9.17) is 5.10 Å². The molecule has 6 rings (SSSR count). The molecule has 2 aromatic carbocycles. The first-order chi connectivity index (χ1) is 19.7. The van der Waals surface area contributed by atoms with Crippen LogP contribution in [0.1, 0.15) is 50.1 Å². The maximum atomic E-state index is 14.7. The van der Waals surface area contributed by atoms with Gasteiger partial charge in [0.1, 0.15) is 17.8 Å². The molecule has 41 heavy (non-hydrogen) atoms. The molecule has 2 aliphatic carbocycles. The van der Waals surface area contributed by atoms with Crippen LogP contribution in [0.4, 0.5) is 14.5 Å². The van der Waals surface area contributed by atoms with Crippen molar-refractivity contribution in [2.45, 2.75) is 50.6 Å². The lowest BCUT2D eigenvalue weighted by atomic mass is 9.72. The third-order valence-electron chi connectivity index (χ3n) is 8.88. The highest BCUT2D eigenvalue weighted by Crippen LogP contribution is 2.51. The Morgan fingerprint density at radius 3 is 2.32 bits per heavy atom. The fourth-order valence-electron chi connectivity index (χ4n) is 6.18. The van der Waals surface area contributed by atoms with Gasteiger partial charge < -0.3 is 4.90 Å². The van der Waals surface area contributed by atoms with Crippen molar-refractivity contribution in [2.75, 3.05) is 29.5 Å². The zero-order chi connectivity index (χ0) is 28.8. The molecular weight excluding hydrogens is 546 g/mol. The van der Waals surface area contributed by atoms with Crippen molar-refractivity contribution in [2.24, 2.45) is 11.3 Å². The van der Waals surface area contributed by atoms with Crippen LogP contribution in [0.15, 0.2) is 54.7 Å². The highest BCUT2D eigenvalue weighted by molar-refractivity contribution is 7.91. The van der Waals surface area contributed by atoms with Gasteiger partial charge in [0.25, 0.3) is 0 Å². The minimum absolute atomic E-state index is 0.0749. The normalized spacial score (nSPS) is 24.9. The van der Waals surface area contributed by atoms with Crippen LogP contribution in [-0.2, 0) is 14.6 Å². The van der Waals surface area contributed by atoms with Crippen LogP contribution >= 0.6 is 0 Å². The molecule has 0 amide bonds. The van der Waals surface area contributed by atoms with Crippen molar-refractivity contribution in [1.82, 2.24) is 9.78 Å². The largest absolute Gasteiger partial charge is 0.369 e. The SMILES string of the molecule is N#CC1(CC(=O)[C@@H]2C[C@@H](F)CC[C@H]2c2nn(-c3ccc(F)cc3)cc2-c2ccc(N3CCS(=O)(=O)CC3)cc2)CC1. The molecule has 2 heterocycles. The van der Waals surface area contributed by atoms with Gasteiger partial charge in [0.15, 0.2) is 9.84 Å². The number of benzene rings is 2. The van der Waals surface area contributed by atoms with Crippen LogP contribution in [0.2, 0.25) is 0 Å². The van der Waals surface area contributed by atoms with Crippen LogP contribution < -0.4 is 4.90 Å². The first-order valence-electron chi connectivity index (χ1n) is 14.1. The third kappa shape index (κ3) is 5.78. The molecule has 1 saturated heterocycles. The second-order valence-corrected chi connectivity index (χ2v) is 14.0. The van der Waals surface area contributed by atoms with E-state index in [1.165, 1.54) is 12.1 Å². The molecule has 0 unspecified atom stereocenters. The maximum absolute atomic E-state index is 14.7. The van der Waals surface area contributed by atoms with Crippen LogP contribution in [0.5, 0.6) is 0 Å². The number of anilines is 1. The average molecular weight is 579 g/mol. The van der Waals surface area contributed by atoms with Crippen LogP contribution in [0, 0.1) is 28.5 Å². The molecule has 0 bridgehead atoms. The van der Waals surface area contributed by atoms with Gasteiger partial charge in [-0.1, -0.05) is 12.1 Å². The topological polar surface area (TPSA) is 96.1 Å². The summed E-state index contributed by atoms with van der Waals surface area (Å²) in [6.07, 6.45) is 3.24. The highest BCUT2D eigenvalue weighted by atomic mass is 32.2. The van der Waals surface area contributed by atoms with Gasteiger partial charge in [0, 0.05) is 48.8 Å². The number of Topliss-reactive ketones (excluding diaryl/α,β-unsaturated/α-hetero) is 1. The predicted molar refractivity (Wildman–Crippen MR) is 152 cm³/mol. The molecule has 1 aromatic heterocycles. The smallest absolute Gasteiger partial charge is 0.153 e. The molecular formula is C31H32F2N4O3S. The molecule has 3 fully saturated rings. The van der Waals surface area contributed by atoms with E-state index < -0.39 is 27.3 Å². The highest BCUT2D eigenvalue weighted by Gasteiger charge is 2.48. The van der Waals surface area contributed by atoms with Crippen molar-refractivity contribution in [1.29, 1.82) is 5.26 Å². The summed E-state index contributed by atoms with van der Waals surface area (Å²) >= 11 is 0. The van der Waals surface area contributed by atoms with E-state index in [-0.39, 0.29) is 41.9 Å². The Morgan fingerprint density at radius 1 is 1.02 bits per heavy atom. The van der Waals surface area contributed by atoms with Crippen molar-refractivity contribution in [3.8, 4) is 22.9 Å². The molecule has 0 spiro atoms. The predicted octanol–water partition coefficient (Wildman–Crippen LogP) is 5.40. The Hall–Kier alpha value is -3.58. The van der Waals surface area contributed by atoms with E-state index in [1.807, 2.05) is 35.4 Å². The van der Waals surface area contributed by atoms with Gasteiger partial charge in [-0.3, -0.25) is 4.79 Å². The van der Waals surface area contributed by atoms with Gasteiger partial charge in [-0.15, -0.1) is 0 Å². The van der Waals surface area contributed by atoms with E-state index in [0.717, 1.165) is 16.8 Å². The second kappa shape index (κ2) is 10.7. The summed E-state index contributed by atoms with van der Waals surface area (Å²) in [5.41, 5.74) is 3.35. The monoisotopic (exact) mass is 578 g/mol. The van der Waals surface area contributed by atoms with Crippen molar-refractivity contribution >= 4 is 21.3 Å². The number of carbonyl (C=O) groups excluding carboxylic acids is 1. The van der Waals surface area contributed by atoms with E-state index in [0.29, 0.717) is 50.2 Å². The zero-order valence-corrected chi connectivity index (χ0v) is 23.5. The van der Waals surface area contributed by atoms with Gasteiger partial charge in [0.2, 0.25) is 0 Å². The summed E-state index contributed by atoms with van der Waals surface area (Å²) < 4.78 is 53.8. The standard InChI is InChI=1S/C31H32F2N4O3S/c32-22-3-8-25(9-4-22)37-19-28(21-1-6-24(7-2-21)36-13-15-41(39,40)16-14-36)30(35-37)26-10-5-23(33)17-27(26)29(38)18-31(20-34)11-12-31/h1-4,6-9,19,23,26-27H,5,10-18H2/t23-,26+,27+/m0/s1. The number of halogens is 2. The number of aromatic nitrogens is 2. The number of alkyl halides is 1. The van der Waals surface area contributed by atoms with Crippen molar-refractivity contribution < 1.29 is 22.0 Å². The van der Waals surface area contributed by atoms with Gasteiger partial charge in [-0.25, -0.2) is 21.9 Å². The van der Waals surface area contributed by atoms with Gasteiger partial charge >= 0.3 is 0 Å². The number of rotatable bonds is 7. The fourth-order valence-corrected chi connectivity index (χ4v) is 7.38. The number of ketones is 1. The summed E-state index contributed by atoms with van der Waals surface area (Å²) in [4.78, 5) is 15.6. The first-order valence-corrected chi connectivity index (χ1v) is 16.0. The summed E-state index contributed by atoms with van der Waals surface area (Å²) in [6, 6.07) is 16.1. The number of hydrogen-bond acceptors (Lipinski definition) is 6. The molecule has 1 aliphatic heterocycles. The van der Waals surface area contributed by atoms with Gasteiger partial charge in [-0.05, 0) is 74.1 Å². The van der Waals surface area contributed by atoms with Crippen LogP contribution in [0.25, 0.3) is 16.8 Å². The summed E-state index contributed by atoms with van der Waals surface area (Å²) in [6.45, 7) is 0.881. The van der Waals surface area contributed by atoms with E-state index in [1.54, 1.807) is 16.8 Å². The van der Waals surface area contributed by atoms with Crippen LogP contribution in [-0.4, -0.2) is 54.7 Å². The van der Waals surface area contributed by atoms with Crippen molar-refractivity contribution in [3.63, 3.8) is 0 Å². The molecule has 3 atom stereocenters. The lowest BCUT2D eigenvalue weighted by Gasteiger charge is -2.32. The zero-order valence-electron chi connectivity index (χ0n) is 22.7. The lowest BCUT2D eigenvalue weighted by molar-refractivity contribution is -0.126. The molecule has 3 aliphatic rings. The number of sulfone groups is 1. The van der Waals surface area contributed by atoms with E-state index >= 15 is 0 Å². The Bertz CT molecular complexity index is 1580. The molecule has 10 heteroatoms. The maximum Gasteiger partial charge on any atom is 0.153 e. The quantitative estimate of drug-likeness (QED) is 0.373. The minimum Gasteiger partial charge on any atom is -0.369 e. The van der Waals surface area contributed by atoms with Crippen molar-refractivity contribution in [3.05, 3.63) is 66.2 Å². The second-order valence-electron chi connectivity index (χ2n) is 11.7. The van der Waals surface area contributed by atoms with Crippen LogP contribution in [0.3, 0.4) is 0 Å². The first kappa shape index (κ1) is 27.6. The Labute approximate surface area is 238 Å². The Kier molecular flexibility index (Phi) is 7.18. The Morgan fingerprint density at radius 2 is 1.68 bits per heavy atom. The fraction of sp³-hybridized carbons (Fsp3) is 0.452. The summed E-state index contributed by atoms with van der Waals surface area (Å²) in [5.74, 6) is -1.07. The molecule has 3 aromatic rings. The lowest BCUT2D eigenvalue weighted by Crippen LogP contribution is -2.40.